The fourth-order valence-corrected chi connectivity index (χ4v) is 6.81. The molecule has 4 aliphatic rings. The van der Waals surface area contributed by atoms with Crippen LogP contribution in [0.1, 0.15) is 74.1 Å². The van der Waals surface area contributed by atoms with Crippen molar-refractivity contribution in [1.29, 1.82) is 0 Å². The van der Waals surface area contributed by atoms with Gasteiger partial charge in [-0.05, 0) is 42.4 Å². The summed E-state index contributed by atoms with van der Waals surface area (Å²) in [6, 6.07) is 0. The van der Waals surface area contributed by atoms with Crippen LogP contribution in [0.15, 0.2) is 12.2 Å². The lowest BCUT2D eigenvalue weighted by Crippen LogP contribution is -2.59. The SMILES string of the molecule is CC(=O)N[C@@]1(C(=O)O[C@@H]2[C@H]3CC[C@@](C)([C@@H]2OCC(C)(C)C)C3(C)C)C[C@@H]2C=C[C@H]1C2. The average Bonchev–Trinajstić information content (AvgIpc) is 3.29. The zero-order valence-corrected chi connectivity index (χ0v) is 19.7. The lowest BCUT2D eigenvalue weighted by Gasteiger charge is -2.41. The van der Waals surface area contributed by atoms with Gasteiger partial charge in [-0.25, -0.2) is 4.79 Å². The third-order valence-electron chi connectivity index (χ3n) is 8.79. The number of ether oxygens (including phenoxy) is 2. The second-order valence-corrected chi connectivity index (χ2v) is 12.3. The Labute approximate surface area is 181 Å². The number of fused-ring (bicyclic) bond motifs is 4. The van der Waals surface area contributed by atoms with E-state index in [1.807, 2.05) is 0 Å². The molecule has 0 heterocycles. The van der Waals surface area contributed by atoms with E-state index in [1.165, 1.54) is 6.92 Å². The highest BCUT2D eigenvalue weighted by atomic mass is 16.6. The monoisotopic (exact) mass is 417 g/mol. The van der Waals surface area contributed by atoms with Crippen molar-refractivity contribution in [1.82, 2.24) is 5.32 Å². The first-order valence-electron chi connectivity index (χ1n) is 11.6. The van der Waals surface area contributed by atoms with Crippen molar-refractivity contribution >= 4 is 11.9 Å². The molecule has 7 atom stereocenters. The molecular formula is C25H39NO4. The largest absolute Gasteiger partial charge is 0.458 e. The number of carbonyl (C=O) groups is 2. The highest BCUT2D eigenvalue weighted by Crippen LogP contribution is 2.67. The summed E-state index contributed by atoms with van der Waals surface area (Å²) < 4.78 is 12.9. The van der Waals surface area contributed by atoms with Crippen molar-refractivity contribution in [3.05, 3.63) is 12.2 Å². The Bertz CT molecular complexity index is 766. The predicted molar refractivity (Wildman–Crippen MR) is 116 cm³/mol. The first-order chi connectivity index (χ1) is 13.8. The number of amides is 1. The van der Waals surface area contributed by atoms with Gasteiger partial charge in [-0.15, -0.1) is 0 Å². The van der Waals surface area contributed by atoms with Crippen LogP contribution in [0, 0.1) is 34.0 Å². The third-order valence-corrected chi connectivity index (χ3v) is 8.79. The van der Waals surface area contributed by atoms with Crippen LogP contribution in [-0.4, -0.2) is 36.2 Å². The smallest absolute Gasteiger partial charge is 0.332 e. The van der Waals surface area contributed by atoms with E-state index in [0.717, 1.165) is 19.3 Å². The summed E-state index contributed by atoms with van der Waals surface area (Å²) in [4.78, 5) is 25.7. The summed E-state index contributed by atoms with van der Waals surface area (Å²) in [7, 11) is 0. The Morgan fingerprint density at radius 1 is 1.17 bits per heavy atom. The number of esters is 1. The Balaban J connectivity index is 1.60. The zero-order valence-electron chi connectivity index (χ0n) is 19.7. The Kier molecular flexibility index (Phi) is 4.97. The minimum Gasteiger partial charge on any atom is -0.458 e. The van der Waals surface area contributed by atoms with E-state index in [1.54, 1.807) is 0 Å². The number of allylic oxidation sites excluding steroid dienone is 1. The molecule has 1 N–H and O–H groups in total. The minimum absolute atomic E-state index is 0.0232. The standard InChI is InChI=1S/C25H39NO4/c1-15(27)26-25(13-16-8-9-17(25)12-16)21(28)30-19-18-10-11-24(7,23(18,5)6)20(19)29-14-22(2,3)4/h8-9,16-20H,10-14H2,1-7H3,(H,26,27)/t16-,17+,18-,19-,20-,24+,25+/m1/s1. The summed E-state index contributed by atoms with van der Waals surface area (Å²) in [5.74, 6) is 0.204. The van der Waals surface area contributed by atoms with E-state index in [4.69, 9.17) is 9.47 Å². The Morgan fingerprint density at radius 2 is 1.87 bits per heavy atom. The second kappa shape index (κ2) is 6.82. The van der Waals surface area contributed by atoms with Crippen LogP contribution in [-0.2, 0) is 19.1 Å². The van der Waals surface area contributed by atoms with E-state index >= 15 is 0 Å². The van der Waals surface area contributed by atoms with Gasteiger partial charge in [-0.2, -0.15) is 0 Å². The quantitative estimate of drug-likeness (QED) is 0.536. The lowest BCUT2D eigenvalue weighted by atomic mass is 9.70. The Hall–Kier alpha value is -1.36. The molecule has 0 unspecified atom stereocenters. The van der Waals surface area contributed by atoms with Gasteiger partial charge in [-0.3, -0.25) is 4.79 Å². The number of hydrogen-bond donors (Lipinski definition) is 1. The molecule has 0 aromatic heterocycles. The third kappa shape index (κ3) is 3.14. The molecule has 0 radical (unpaired) electrons. The van der Waals surface area contributed by atoms with Gasteiger partial charge >= 0.3 is 5.97 Å². The van der Waals surface area contributed by atoms with Crippen LogP contribution in [0.5, 0.6) is 0 Å². The summed E-state index contributed by atoms with van der Waals surface area (Å²) in [5, 5.41) is 3.00. The molecule has 5 heteroatoms. The molecule has 4 aliphatic carbocycles. The predicted octanol–water partition coefficient (Wildman–Crippen LogP) is 4.26. The van der Waals surface area contributed by atoms with Crippen LogP contribution < -0.4 is 5.32 Å². The van der Waals surface area contributed by atoms with E-state index < -0.39 is 5.54 Å². The maximum atomic E-state index is 13.7. The number of hydrogen-bond acceptors (Lipinski definition) is 4. The molecule has 3 fully saturated rings. The first kappa shape index (κ1) is 21.9. The summed E-state index contributed by atoms with van der Waals surface area (Å²) in [6.45, 7) is 15.5. The molecule has 4 rings (SSSR count). The van der Waals surface area contributed by atoms with Crippen molar-refractivity contribution in [2.24, 2.45) is 34.0 Å². The van der Waals surface area contributed by atoms with Gasteiger partial charge in [-0.1, -0.05) is 53.7 Å². The average molecular weight is 418 g/mol. The van der Waals surface area contributed by atoms with Gasteiger partial charge in [0.1, 0.15) is 17.7 Å². The van der Waals surface area contributed by atoms with Gasteiger partial charge in [0.2, 0.25) is 5.91 Å². The molecule has 1 amide bonds. The summed E-state index contributed by atoms with van der Waals surface area (Å²) >= 11 is 0. The molecule has 30 heavy (non-hydrogen) atoms. The van der Waals surface area contributed by atoms with Crippen LogP contribution in [0.3, 0.4) is 0 Å². The molecule has 3 saturated carbocycles. The number of carbonyl (C=O) groups excluding carboxylic acids is 2. The van der Waals surface area contributed by atoms with E-state index in [-0.39, 0.29) is 52.2 Å². The topological polar surface area (TPSA) is 64.6 Å². The molecule has 4 bridgehead atoms. The lowest BCUT2D eigenvalue weighted by molar-refractivity contribution is -0.178. The van der Waals surface area contributed by atoms with Gasteiger partial charge in [0.25, 0.3) is 0 Å². The fraction of sp³-hybridized carbons (Fsp3) is 0.840. The van der Waals surface area contributed by atoms with Crippen molar-refractivity contribution in [2.75, 3.05) is 6.61 Å². The number of nitrogens with one attached hydrogen (secondary N) is 1. The molecule has 5 nitrogen and oxygen atoms in total. The molecular weight excluding hydrogens is 378 g/mol. The summed E-state index contributed by atoms with van der Waals surface area (Å²) in [6.07, 6.45) is 7.59. The number of rotatable bonds is 5. The first-order valence-corrected chi connectivity index (χ1v) is 11.6. The van der Waals surface area contributed by atoms with Crippen molar-refractivity contribution < 1.29 is 19.1 Å². The molecule has 0 aliphatic heterocycles. The maximum absolute atomic E-state index is 13.7. The van der Waals surface area contributed by atoms with Crippen molar-refractivity contribution in [3.8, 4) is 0 Å². The van der Waals surface area contributed by atoms with E-state index in [9.17, 15) is 9.59 Å². The van der Waals surface area contributed by atoms with Crippen molar-refractivity contribution in [3.63, 3.8) is 0 Å². The van der Waals surface area contributed by atoms with Gasteiger partial charge in [0.15, 0.2) is 0 Å². The van der Waals surface area contributed by atoms with Crippen LogP contribution in [0.2, 0.25) is 0 Å². The van der Waals surface area contributed by atoms with Gasteiger partial charge in [0, 0.05) is 24.2 Å². The highest BCUT2D eigenvalue weighted by molar-refractivity contribution is 5.89. The van der Waals surface area contributed by atoms with Crippen LogP contribution in [0.4, 0.5) is 0 Å². The maximum Gasteiger partial charge on any atom is 0.332 e. The van der Waals surface area contributed by atoms with Crippen molar-refractivity contribution in [2.45, 2.75) is 91.9 Å². The molecule has 0 aromatic carbocycles. The van der Waals surface area contributed by atoms with Gasteiger partial charge in [0.05, 0.1) is 6.61 Å². The van der Waals surface area contributed by atoms with Crippen LogP contribution in [0.25, 0.3) is 0 Å². The molecule has 0 spiro atoms. The summed E-state index contributed by atoms with van der Waals surface area (Å²) in [5.41, 5.74) is -0.865. The van der Waals surface area contributed by atoms with Gasteiger partial charge < -0.3 is 14.8 Å². The van der Waals surface area contributed by atoms with E-state index in [2.05, 4.69) is 59.0 Å². The zero-order chi connectivity index (χ0) is 22.1. The molecule has 168 valence electrons. The van der Waals surface area contributed by atoms with Crippen LogP contribution >= 0.6 is 0 Å². The minimum atomic E-state index is -0.924. The fourth-order valence-electron chi connectivity index (χ4n) is 6.81. The molecule has 0 aromatic rings. The highest BCUT2D eigenvalue weighted by Gasteiger charge is 2.69. The normalized spacial score (nSPS) is 43.2. The second-order valence-electron chi connectivity index (χ2n) is 12.3. The van der Waals surface area contributed by atoms with E-state index in [0.29, 0.717) is 18.9 Å². The Morgan fingerprint density at radius 3 is 2.40 bits per heavy atom. The molecule has 0 saturated heterocycles.